The Morgan fingerprint density at radius 3 is 2.71 bits per heavy atom. The molecule has 3 aromatic rings. The summed E-state index contributed by atoms with van der Waals surface area (Å²) in [5, 5.41) is 4.40. The molecule has 0 unspecified atom stereocenters. The van der Waals surface area contributed by atoms with Gasteiger partial charge < -0.3 is 19.0 Å². The molecule has 2 aromatic heterocycles. The molecule has 9 heteroatoms. The third-order valence-corrected chi connectivity index (χ3v) is 4.23. The standard InChI is InChI=1S/C19H18ClN3O5/c1-4-26-18(24)15-10(2)16(21-11(15)3)19(25)27-9-14-22-17(23-28-14)12-6-5-7-13(20)8-12/h5-8,21H,4,9H2,1-3H3. The Balaban J connectivity index is 1.70. The number of nitrogens with one attached hydrogen (secondary N) is 1. The van der Waals surface area contributed by atoms with Crippen LogP contribution in [-0.2, 0) is 16.1 Å². The number of carbonyl (C=O) groups is 2. The smallest absolute Gasteiger partial charge is 0.355 e. The molecule has 0 aliphatic rings. The molecule has 0 fully saturated rings. The van der Waals surface area contributed by atoms with Crippen LogP contribution in [0.2, 0.25) is 5.02 Å². The third kappa shape index (κ3) is 4.07. The van der Waals surface area contributed by atoms with Crippen LogP contribution >= 0.6 is 11.6 Å². The second-order valence-corrected chi connectivity index (χ2v) is 6.38. The highest BCUT2D eigenvalue weighted by Gasteiger charge is 2.24. The lowest BCUT2D eigenvalue weighted by Gasteiger charge is -2.03. The minimum atomic E-state index is -0.640. The van der Waals surface area contributed by atoms with Gasteiger partial charge in [0.15, 0.2) is 6.61 Å². The fourth-order valence-electron chi connectivity index (χ4n) is 2.72. The number of esters is 2. The summed E-state index contributed by atoms with van der Waals surface area (Å²) in [5.41, 5.74) is 2.18. The van der Waals surface area contributed by atoms with E-state index >= 15 is 0 Å². The van der Waals surface area contributed by atoms with Crippen LogP contribution in [0.5, 0.6) is 0 Å². The molecule has 0 bridgehead atoms. The van der Waals surface area contributed by atoms with Crippen molar-refractivity contribution in [1.29, 1.82) is 0 Å². The molecule has 0 aliphatic carbocycles. The molecular weight excluding hydrogens is 386 g/mol. The van der Waals surface area contributed by atoms with Crippen LogP contribution < -0.4 is 0 Å². The zero-order valence-electron chi connectivity index (χ0n) is 15.5. The molecule has 0 radical (unpaired) electrons. The van der Waals surface area contributed by atoms with E-state index in [9.17, 15) is 9.59 Å². The van der Waals surface area contributed by atoms with Crippen molar-refractivity contribution in [1.82, 2.24) is 15.1 Å². The summed E-state index contributed by atoms with van der Waals surface area (Å²) in [4.78, 5) is 31.5. The molecule has 0 atom stereocenters. The zero-order chi connectivity index (χ0) is 20.3. The van der Waals surface area contributed by atoms with Gasteiger partial charge in [-0.25, -0.2) is 9.59 Å². The van der Waals surface area contributed by atoms with Crippen LogP contribution in [0.4, 0.5) is 0 Å². The highest BCUT2D eigenvalue weighted by atomic mass is 35.5. The fraction of sp³-hybridized carbons (Fsp3) is 0.263. The number of aryl methyl sites for hydroxylation is 1. The molecular formula is C19H18ClN3O5. The average molecular weight is 404 g/mol. The number of hydrogen-bond donors (Lipinski definition) is 1. The van der Waals surface area contributed by atoms with Crippen molar-refractivity contribution in [3.05, 3.63) is 57.7 Å². The van der Waals surface area contributed by atoms with E-state index in [2.05, 4.69) is 15.1 Å². The maximum atomic E-state index is 12.4. The van der Waals surface area contributed by atoms with Gasteiger partial charge in [-0.05, 0) is 38.5 Å². The number of carbonyl (C=O) groups excluding carboxylic acids is 2. The summed E-state index contributed by atoms with van der Waals surface area (Å²) in [6, 6.07) is 6.99. The van der Waals surface area contributed by atoms with Crippen molar-refractivity contribution in [3.8, 4) is 11.4 Å². The summed E-state index contributed by atoms with van der Waals surface area (Å²) >= 11 is 5.95. The Morgan fingerprint density at radius 2 is 2.00 bits per heavy atom. The van der Waals surface area contributed by atoms with Crippen LogP contribution in [0.3, 0.4) is 0 Å². The van der Waals surface area contributed by atoms with Crippen molar-refractivity contribution in [2.75, 3.05) is 6.61 Å². The molecule has 0 amide bonds. The monoisotopic (exact) mass is 403 g/mol. The second-order valence-electron chi connectivity index (χ2n) is 5.94. The first-order valence-corrected chi connectivity index (χ1v) is 8.90. The molecule has 0 saturated carbocycles. The Bertz CT molecular complexity index is 1020. The van der Waals surface area contributed by atoms with E-state index in [0.29, 0.717) is 33.2 Å². The Hall–Kier alpha value is -3.13. The SMILES string of the molecule is CCOC(=O)c1c(C)[nH]c(C(=O)OCc2nc(-c3cccc(Cl)c3)no2)c1C. The van der Waals surface area contributed by atoms with Gasteiger partial charge >= 0.3 is 11.9 Å². The Kier molecular flexibility index (Phi) is 5.79. The van der Waals surface area contributed by atoms with Gasteiger partial charge in [0.1, 0.15) is 5.69 Å². The van der Waals surface area contributed by atoms with E-state index in [1.54, 1.807) is 45.0 Å². The van der Waals surface area contributed by atoms with Crippen LogP contribution in [0.15, 0.2) is 28.8 Å². The summed E-state index contributed by atoms with van der Waals surface area (Å²) in [6.45, 7) is 5.08. The predicted molar refractivity (Wildman–Crippen MR) is 100 cm³/mol. The van der Waals surface area contributed by atoms with E-state index in [-0.39, 0.29) is 24.8 Å². The average Bonchev–Trinajstić information content (AvgIpc) is 3.24. The lowest BCUT2D eigenvalue weighted by molar-refractivity contribution is 0.0422. The molecule has 8 nitrogen and oxygen atoms in total. The van der Waals surface area contributed by atoms with Crippen molar-refractivity contribution >= 4 is 23.5 Å². The van der Waals surface area contributed by atoms with E-state index in [1.807, 2.05) is 0 Å². The van der Waals surface area contributed by atoms with E-state index < -0.39 is 11.9 Å². The molecule has 1 N–H and O–H groups in total. The number of benzene rings is 1. The van der Waals surface area contributed by atoms with Gasteiger partial charge in [0.2, 0.25) is 5.82 Å². The number of ether oxygens (including phenoxy) is 2. The molecule has 0 spiro atoms. The van der Waals surface area contributed by atoms with Gasteiger partial charge in [0, 0.05) is 16.3 Å². The van der Waals surface area contributed by atoms with Gasteiger partial charge in [-0.3, -0.25) is 0 Å². The first-order chi connectivity index (χ1) is 13.4. The molecule has 146 valence electrons. The normalized spacial score (nSPS) is 10.7. The van der Waals surface area contributed by atoms with Crippen LogP contribution in [-0.4, -0.2) is 33.7 Å². The van der Waals surface area contributed by atoms with Gasteiger partial charge in [0.25, 0.3) is 5.89 Å². The largest absolute Gasteiger partial charge is 0.462 e. The van der Waals surface area contributed by atoms with Crippen molar-refractivity contribution in [2.24, 2.45) is 0 Å². The highest BCUT2D eigenvalue weighted by molar-refractivity contribution is 6.30. The maximum absolute atomic E-state index is 12.4. The van der Waals surface area contributed by atoms with E-state index in [1.165, 1.54) is 0 Å². The number of aromatic nitrogens is 3. The minimum absolute atomic E-state index is 0.134. The molecule has 0 aliphatic heterocycles. The molecule has 1 aromatic carbocycles. The third-order valence-electron chi connectivity index (χ3n) is 4.00. The zero-order valence-corrected chi connectivity index (χ0v) is 16.3. The van der Waals surface area contributed by atoms with Gasteiger partial charge in [-0.2, -0.15) is 4.98 Å². The fourth-order valence-corrected chi connectivity index (χ4v) is 2.91. The molecule has 28 heavy (non-hydrogen) atoms. The summed E-state index contributed by atoms with van der Waals surface area (Å²) in [5.74, 6) is -0.658. The molecule has 3 rings (SSSR count). The summed E-state index contributed by atoms with van der Waals surface area (Å²) in [7, 11) is 0. The second kappa shape index (κ2) is 8.26. The number of rotatable bonds is 6. The Labute approximate surface area is 165 Å². The highest BCUT2D eigenvalue weighted by Crippen LogP contribution is 2.22. The van der Waals surface area contributed by atoms with Crippen molar-refractivity contribution in [3.63, 3.8) is 0 Å². The van der Waals surface area contributed by atoms with E-state index in [4.69, 9.17) is 25.6 Å². The van der Waals surface area contributed by atoms with Gasteiger partial charge in [-0.1, -0.05) is 28.9 Å². The van der Waals surface area contributed by atoms with Gasteiger partial charge in [-0.15, -0.1) is 0 Å². The molecule has 2 heterocycles. The lowest BCUT2D eigenvalue weighted by atomic mass is 10.1. The number of halogens is 1. The quantitative estimate of drug-likeness (QED) is 0.622. The maximum Gasteiger partial charge on any atom is 0.355 e. The number of hydrogen-bond acceptors (Lipinski definition) is 7. The topological polar surface area (TPSA) is 107 Å². The van der Waals surface area contributed by atoms with E-state index in [0.717, 1.165) is 0 Å². The predicted octanol–water partition coefficient (Wildman–Crippen LogP) is 3.87. The number of H-pyrrole nitrogens is 1. The van der Waals surface area contributed by atoms with Crippen molar-refractivity contribution in [2.45, 2.75) is 27.4 Å². The molecule has 0 saturated heterocycles. The van der Waals surface area contributed by atoms with Crippen LogP contribution in [0.25, 0.3) is 11.4 Å². The van der Waals surface area contributed by atoms with Crippen molar-refractivity contribution < 1.29 is 23.6 Å². The first-order valence-electron chi connectivity index (χ1n) is 8.52. The number of aromatic amines is 1. The number of nitrogens with zero attached hydrogens (tertiary/aromatic N) is 2. The van der Waals surface area contributed by atoms with Crippen LogP contribution in [0.1, 0.15) is 44.9 Å². The summed E-state index contributed by atoms with van der Waals surface area (Å²) < 4.78 is 15.4. The van der Waals surface area contributed by atoms with Crippen LogP contribution in [0, 0.1) is 13.8 Å². The first kappa shape index (κ1) is 19.6. The Morgan fingerprint density at radius 1 is 1.21 bits per heavy atom. The van der Waals surface area contributed by atoms with Gasteiger partial charge in [0.05, 0.1) is 12.2 Å². The lowest BCUT2D eigenvalue weighted by Crippen LogP contribution is -2.09. The summed E-state index contributed by atoms with van der Waals surface area (Å²) in [6.07, 6.45) is 0. The minimum Gasteiger partial charge on any atom is -0.462 e.